The number of ketones is 1. The number of methoxy groups -OCH3 is 1. The van der Waals surface area contributed by atoms with E-state index in [1.54, 1.807) is 31.7 Å². The van der Waals surface area contributed by atoms with Crippen LogP contribution in [-0.2, 0) is 46.2 Å². The van der Waals surface area contributed by atoms with Gasteiger partial charge in [0.2, 0.25) is 0 Å². The molecule has 50 heavy (non-hydrogen) atoms. The van der Waals surface area contributed by atoms with E-state index in [1.807, 2.05) is 6.20 Å². The molecule has 1 aliphatic rings. The molecular formula is C35H47FN6O8. The fourth-order valence-electron chi connectivity index (χ4n) is 5.28. The van der Waals surface area contributed by atoms with Gasteiger partial charge in [0, 0.05) is 61.8 Å². The first-order valence-corrected chi connectivity index (χ1v) is 16.8. The van der Waals surface area contributed by atoms with Crippen molar-refractivity contribution in [3.63, 3.8) is 0 Å². The van der Waals surface area contributed by atoms with Crippen molar-refractivity contribution in [2.75, 3.05) is 78.4 Å². The van der Waals surface area contributed by atoms with Gasteiger partial charge in [-0.1, -0.05) is 5.21 Å². The Labute approximate surface area is 291 Å². The summed E-state index contributed by atoms with van der Waals surface area (Å²) < 4.78 is 42.5. The van der Waals surface area contributed by atoms with Crippen LogP contribution in [0.3, 0.4) is 0 Å². The average molecular weight is 699 g/mol. The number of nitrogens with zero attached hydrogens (tertiary/aromatic N) is 3. The highest BCUT2D eigenvalue weighted by molar-refractivity contribution is 6.34. The Morgan fingerprint density at radius 3 is 2.46 bits per heavy atom. The topological polar surface area (TPSA) is 168 Å². The van der Waals surface area contributed by atoms with Gasteiger partial charge >= 0.3 is 0 Å². The fourth-order valence-corrected chi connectivity index (χ4v) is 5.28. The van der Waals surface area contributed by atoms with E-state index >= 15 is 0 Å². The van der Waals surface area contributed by atoms with Crippen LogP contribution in [-0.4, -0.2) is 111 Å². The van der Waals surface area contributed by atoms with Gasteiger partial charge in [-0.25, -0.2) is 9.07 Å². The van der Waals surface area contributed by atoms with E-state index in [-0.39, 0.29) is 24.0 Å². The number of carbonyl (C=O) groups excluding carboxylic acids is 3. The van der Waals surface area contributed by atoms with Crippen molar-refractivity contribution in [3.05, 3.63) is 64.0 Å². The molecule has 0 saturated carbocycles. The van der Waals surface area contributed by atoms with Crippen molar-refractivity contribution >= 4 is 34.9 Å². The van der Waals surface area contributed by atoms with Crippen LogP contribution in [0.5, 0.6) is 0 Å². The normalized spacial score (nSPS) is 13.2. The first-order chi connectivity index (χ1) is 24.3. The largest absolute Gasteiger partial charge is 0.382 e. The molecule has 0 fully saturated rings. The first-order valence-electron chi connectivity index (χ1n) is 16.8. The molecule has 272 valence electrons. The molecular weight excluding hydrogens is 651 g/mol. The number of H-pyrrole nitrogens is 1. The number of aromatic amines is 1. The van der Waals surface area contributed by atoms with Crippen LogP contribution in [0.15, 0.2) is 24.4 Å². The van der Waals surface area contributed by atoms with Crippen molar-refractivity contribution in [2.24, 2.45) is 0 Å². The Morgan fingerprint density at radius 2 is 1.68 bits per heavy atom. The van der Waals surface area contributed by atoms with Crippen molar-refractivity contribution in [2.45, 2.75) is 46.1 Å². The van der Waals surface area contributed by atoms with Crippen LogP contribution < -0.4 is 10.6 Å². The lowest BCUT2D eigenvalue weighted by Gasteiger charge is -2.07. The van der Waals surface area contributed by atoms with Crippen LogP contribution in [0.2, 0.25) is 0 Å². The minimum Gasteiger partial charge on any atom is -0.382 e. The Bertz CT molecular complexity index is 1600. The zero-order valence-corrected chi connectivity index (χ0v) is 29.0. The predicted octanol–water partition coefficient (Wildman–Crippen LogP) is 3.28. The van der Waals surface area contributed by atoms with E-state index in [0.29, 0.717) is 131 Å². The van der Waals surface area contributed by atoms with Crippen LogP contribution in [0.4, 0.5) is 10.1 Å². The fraction of sp³-hybridized carbons (Fsp3) is 0.514. The molecule has 3 N–H and O–H groups in total. The van der Waals surface area contributed by atoms with Crippen molar-refractivity contribution in [1.29, 1.82) is 0 Å². The van der Waals surface area contributed by atoms with Gasteiger partial charge in [-0.15, -0.1) is 5.10 Å². The lowest BCUT2D eigenvalue weighted by Crippen LogP contribution is -2.26. The molecule has 14 nitrogen and oxygen atoms in total. The number of halogens is 1. The van der Waals surface area contributed by atoms with Crippen molar-refractivity contribution in [3.8, 4) is 0 Å². The molecule has 0 saturated heterocycles. The van der Waals surface area contributed by atoms with Gasteiger partial charge in [-0.2, -0.15) is 0 Å². The van der Waals surface area contributed by atoms with Gasteiger partial charge in [-0.05, 0) is 50.1 Å². The number of anilines is 1. The van der Waals surface area contributed by atoms with E-state index in [0.717, 1.165) is 5.69 Å². The summed E-state index contributed by atoms with van der Waals surface area (Å²) >= 11 is 0. The summed E-state index contributed by atoms with van der Waals surface area (Å²) in [7, 11) is 1.64. The number of rotatable bonds is 24. The Balaban J connectivity index is 1.01. The van der Waals surface area contributed by atoms with E-state index in [4.69, 9.17) is 23.7 Å². The van der Waals surface area contributed by atoms with Gasteiger partial charge < -0.3 is 39.3 Å². The summed E-state index contributed by atoms with van der Waals surface area (Å²) in [5.74, 6) is -0.999. The molecule has 2 aromatic heterocycles. The van der Waals surface area contributed by atoms with Crippen molar-refractivity contribution in [1.82, 2.24) is 25.3 Å². The highest BCUT2D eigenvalue weighted by Gasteiger charge is 2.26. The Kier molecular flexibility index (Phi) is 15.7. The minimum absolute atomic E-state index is 0.0537. The number of fused-ring (bicyclic) bond motifs is 1. The highest BCUT2D eigenvalue weighted by Crippen LogP contribution is 2.34. The minimum atomic E-state index is -0.442. The number of ether oxygens (including phenoxy) is 5. The predicted molar refractivity (Wildman–Crippen MR) is 183 cm³/mol. The molecule has 2 amide bonds. The molecule has 3 heterocycles. The molecule has 0 spiro atoms. The standard InChI is InChI=1S/C35H47FN6O8/c1-24-32(22-30-29-21-26(36)6-7-31(29)39-34(30)44)38-25(2)33(24)35(45)37-10-4-5-28(43)9-13-48-17-19-50-20-18-49-14-11-42-23-27(40-41-42)8-12-47-16-15-46-3/h6-7,21-23,38H,4-5,8-20H2,1-3H3,(H,37,45)(H,39,44)/b30-22-. The molecule has 3 aromatic rings. The zero-order valence-electron chi connectivity index (χ0n) is 29.0. The quantitative estimate of drug-likeness (QED) is 0.0933. The molecule has 1 aromatic carbocycles. The van der Waals surface area contributed by atoms with Crippen LogP contribution >= 0.6 is 0 Å². The molecule has 0 aliphatic carbocycles. The molecule has 0 bridgehead atoms. The zero-order chi connectivity index (χ0) is 35.7. The van der Waals surface area contributed by atoms with E-state index in [2.05, 4.69) is 25.9 Å². The monoisotopic (exact) mass is 698 g/mol. The Hall–Kier alpha value is -4.28. The van der Waals surface area contributed by atoms with Crippen molar-refractivity contribution < 1.29 is 42.5 Å². The average Bonchev–Trinajstić information content (AvgIpc) is 3.76. The summed E-state index contributed by atoms with van der Waals surface area (Å²) in [5, 5.41) is 13.8. The maximum absolute atomic E-state index is 13.8. The summed E-state index contributed by atoms with van der Waals surface area (Å²) in [6, 6.07) is 4.12. The highest BCUT2D eigenvalue weighted by atomic mass is 19.1. The van der Waals surface area contributed by atoms with Crippen LogP contribution in [0.25, 0.3) is 11.6 Å². The van der Waals surface area contributed by atoms with Gasteiger partial charge in [-0.3, -0.25) is 14.4 Å². The lowest BCUT2D eigenvalue weighted by molar-refractivity contribution is -0.120. The molecule has 1 aliphatic heterocycles. The molecule has 0 radical (unpaired) electrons. The third-order valence-corrected chi connectivity index (χ3v) is 7.93. The number of Topliss-reactive ketones (excluding diaryl/α,β-unsaturated/α-hetero) is 1. The number of hydrogen-bond acceptors (Lipinski definition) is 10. The first kappa shape index (κ1) is 38.5. The van der Waals surface area contributed by atoms with Crippen LogP contribution in [0.1, 0.15) is 57.8 Å². The summed E-state index contributed by atoms with van der Waals surface area (Å²) in [6.45, 7) is 8.65. The Morgan fingerprint density at radius 1 is 0.960 bits per heavy atom. The van der Waals surface area contributed by atoms with Gasteiger partial charge in [0.25, 0.3) is 11.8 Å². The SMILES string of the molecule is COCCOCCc1cn(CCOCCOCCOCCC(=O)CCCNC(=O)c2c(C)[nH]c(/C=C3\C(=O)Nc4ccc(F)cc43)c2C)nn1. The maximum Gasteiger partial charge on any atom is 0.256 e. The number of hydrogen-bond donors (Lipinski definition) is 3. The second-order valence-corrected chi connectivity index (χ2v) is 11.7. The number of carbonyl (C=O) groups is 3. The van der Waals surface area contributed by atoms with Gasteiger partial charge in [0.15, 0.2) is 0 Å². The summed E-state index contributed by atoms with van der Waals surface area (Å²) in [5.41, 5.74) is 4.57. The molecule has 0 unspecified atom stereocenters. The smallest absolute Gasteiger partial charge is 0.256 e. The second-order valence-electron chi connectivity index (χ2n) is 11.7. The van der Waals surface area contributed by atoms with Gasteiger partial charge in [0.1, 0.15) is 11.6 Å². The van der Waals surface area contributed by atoms with E-state index in [9.17, 15) is 18.8 Å². The summed E-state index contributed by atoms with van der Waals surface area (Å²) in [4.78, 5) is 40.9. The second kappa shape index (κ2) is 20.4. The molecule has 4 rings (SSSR count). The lowest BCUT2D eigenvalue weighted by atomic mass is 10.0. The summed E-state index contributed by atoms with van der Waals surface area (Å²) in [6.07, 6.45) is 5.31. The number of aromatic nitrogens is 4. The van der Waals surface area contributed by atoms with Gasteiger partial charge in [0.05, 0.1) is 82.8 Å². The molecule has 0 atom stereocenters. The number of amides is 2. The number of benzene rings is 1. The maximum atomic E-state index is 13.8. The third kappa shape index (κ3) is 11.9. The number of nitrogens with one attached hydrogen (secondary N) is 3. The van der Waals surface area contributed by atoms with E-state index in [1.165, 1.54) is 18.2 Å². The third-order valence-electron chi connectivity index (χ3n) is 7.93. The number of aryl methyl sites for hydroxylation is 1. The van der Waals surface area contributed by atoms with E-state index < -0.39 is 5.82 Å². The van der Waals surface area contributed by atoms with Crippen LogP contribution in [0, 0.1) is 19.7 Å². The molecule has 15 heteroatoms.